The molecule has 5 heteroatoms. The number of methoxy groups -OCH3 is 1. The van der Waals surface area contributed by atoms with Gasteiger partial charge in [0.05, 0.1) is 13.3 Å². The molecule has 0 aliphatic carbocycles. The molecule has 0 unspecified atom stereocenters. The summed E-state index contributed by atoms with van der Waals surface area (Å²) in [4.78, 5) is 0. The fourth-order valence-corrected chi connectivity index (χ4v) is 1.64. The maximum Gasteiger partial charge on any atom is 0.144 e. The van der Waals surface area contributed by atoms with Crippen LogP contribution < -0.4 is 4.74 Å². The second-order valence-corrected chi connectivity index (χ2v) is 4.78. The molecule has 0 spiro atoms. The first-order valence-electron chi connectivity index (χ1n) is 5.72. The fourth-order valence-electron chi connectivity index (χ4n) is 1.64. The summed E-state index contributed by atoms with van der Waals surface area (Å²) in [7, 11) is 1.61. The molecule has 0 fully saturated rings. The molecule has 0 amide bonds. The molecule has 1 aromatic carbocycles. The summed E-state index contributed by atoms with van der Waals surface area (Å²) >= 11 is 0. The maximum absolute atomic E-state index is 9.88. The lowest BCUT2D eigenvalue weighted by Gasteiger charge is -2.12. The van der Waals surface area contributed by atoms with Crippen LogP contribution in [0.25, 0.3) is 5.69 Å². The molecule has 0 saturated carbocycles. The van der Waals surface area contributed by atoms with E-state index >= 15 is 0 Å². The molecule has 2 rings (SSSR count). The topological polar surface area (TPSA) is 60.2 Å². The van der Waals surface area contributed by atoms with Gasteiger partial charge >= 0.3 is 0 Å². The average molecular weight is 247 g/mol. The Balaban J connectivity index is 2.49. The zero-order valence-corrected chi connectivity index (χ0v) is 11.0. The second-order valence-electron chi connectivity index (χ2n) is 4.78. The van der Waals surface area contributed by atoms with Crippen molar-refractivity contribution in [1.82, 2.24) is 15.0 Å². The monoisotopic (exact) mass is 247 g/mol. The van der Waals surface area contributed by atoms with E-state index in [0.717, 1.165) is 11.3 Å². The van der Waals surface area contributed by atoms with E-state index in [0.29, 0.717) is 11.4 Å². The largest absolute Gasteiger partial charge is 0.494 e. The molecule has 0 radical (unpaired) electrons. The number of hydrogen-bond donors (Lipinski definition) is 1. The van der Waals surface area contributed by atoms with E-state index < -0.39 is 5.60 Å². The Kier molecular flexibility index (Phi) is 3.09. The molecule has 0 aliphatic heterocycles. The summed E-state index contributed by atoms with van der Waals surface area (Å²) in [5.41, 5.74) is 1.42. The van der Waals surface area contributed by atoms with Crippen molar-refractivity contribution in [1.29, 1.82) is 0 Å². The molecular weight excluding hydrogens is 230 g/mol. The van der Waals surface area contributed by atoms with E-state index in [9.17, 15) is 5.11 Å². The average Bonchev–Trinajstić information content (AvgIpc) is 2.77. The maximum atomic E-state index is 9.88. The highest BCUT2D eigenvalue weighted by atomic mass is 16.5. The standard InChI is InChI=1S/C13H17N3O2/c1-9-5-6-11(18-4)10(7-9)16-8-12(14-15-16)13(2,3)17/h5-8,17H,1-4H3. The van der Waals surface area contributed by atoms with Crippen molar-refractivity contribution >= 4 is 0 Å². The minimum absolute atomic E-state index is 0.519. The summed E-state index contributed by atoms with van der Waals surface area (Å²) < 4.78 is 6.91. The first-order valence-corrected chi connectivity index (χ1v) is 5.72. The minimum Gasteiger partial charge on any atom is -0.494 e. The lowest BCUT2D eigenvalue weighted by atomic mass is 10.1. The Labute approximate surface area is 106 Å². The summed E-state index contributed by atoms with van der Waals surface area (Å²) in [6.07, 6.45) is 1.71. The van der Waals surface area contributed by atoms with Gasteiger partial charge in [-0.2, -0.15) is 0 Å². The van der Waals surface area contributed by atoms with Crippen LogP contribution in [0.15, 0.2) is 24.4 Å². The fraction of sp³-hybridized carbons (Fsp3) is 0.385. The summed E-state index contributed by atoms with van der Waals surface area (Å²) in [5.74, 6) is 0.716. The molecule has 1 heterocycles. The van der Waals surface area contributed by atoms with Crippen LogP contribution >= 0.6 is 0 Å². The van der Waals surface area contributed by atoms with Crippen molar-refractivity contribution in [2.45, 2.75) is 26.4 Å². The Morgan fingerprint density at radius 2 is 2.06 bits per heavy atom. The third-order valence-electron chi connectivity index (χ3n) is 2.70. The molecule has 0 aliphatic rings. The van der Waals surface area contributed by atoms with Crippen molar-refractivity contribution in [3.8, 4) is 11.4 Å². The number of aromatic nitrogens is 3. The number of ether oxygens (including phenoxy) is 1. The molecule has 96 valence electrons. The van der Waals surface area contributed by atoms with Gasteiger partial charge in [0.2, 0.25) is 0 Å². The summed E-state index contributed by atoms with van der Waals surface area (Å²) in [6.45, 7) is 5.35. The number of nitrogens with zero attached hydrogens (tertiary/aromatic N) is 3. The van der Waals surface area contributed by atoms with Crippen molar-refractivity contribution < 1.29 is 9.84 Å². The molecule has 18 heavy (non-hydrogen) atoms. The number of aryl methyl sites for hydroxylation is 1. The van der Waals surface area contributed by atoms with Gasteiger partial charge in [-0.3, -0.25) is 0 Å². The van der Waals surface area contributed by atoms with Crippen molar-refractivity contribution in [2.75, 3.05) is 7.11 Å². The molecule has 0 bridgehead atoms. The Hall–Kier alpha value is -1.88. The molecule has 0 saturated heterocycles. The Morgan fingerprint density at radius 3 is 2.61 bits per heavy atom. The predicted molar refractivity (Wildman–Crippen MR) is 67.9 cm³/mol. The van der Waals surface area contributed by atoms with Crippen LogP contribution in [0.4, 0.5) is 0 Å². The van der Waals surface area contributed by atoms with Gasteiger partial charge in [0.15, 0.2) is 0 Å². The van der Waals surface area contributed by atoms with E-state index in [4.69, 9.17) is 4.74 Å². The highest BCUT2D eigenvalue weighted by Crippen LogP contribution is 2.25. The smallest absolute Gasteiger partial charge is 0.144 e. The lowest BCUT2D eigenvalue weighted by molar-refractivity contribution is 0.0737. The van der Waals surface area contributed by atoms with Gasteiger partial charge in [-0.25, -0.2) is 4.68 Å². The van der Waals surface area contributed by atoms with E-state index in [-0.39, 0.29) is 0 Å². The van der Waals surface area contributed by atoms with Gasteiger partial charge < -0.3 is 9.84 Å². The van der Waals surface area contributed by atoms with Crippen LogP contribution in [0.1, 0.15) is 25.1 Å². The highest BCUT2D eigenvalue weighted by Gasteiger charge is 2.21. The van der Waals surface area contributed by atoms with Crippen LogP contribution in [0.2, 0.25) is 0 Å². The van der Waals surface area contributed by atoms with Crippen molar-refractivity contribution in [2.24, 2.45) is 0 Å². The van der Waals surface area contributed by atoms with E-state index in [1.54, 1.807) is 31.8 Å². The van der Waals surface area contributed by atoms with Crippen LogP contribution in [-0.4, -0.2) is 27.2 Å². The van der Waals surface area contributed by atoms with E-state index in [1.807, 2.05) is 25.1 Å². The zero-order valence-electron chi connectivity index (χ0n) is 11.0. The van der Waals surface area contributed by atoms with Gasteiger partial charge in [0.1, 0.15) is 22.7 Å². The van der Waals surface area contributed by atoms with E-state index in [1.165, 1.54) is 0 Å². The first kappa shape index (κ1) is 12.6. The number of rotatable bonds is 3. The molecule has 1 aromatic heterocycles. The van der Waals surface area contributed by atoms with Gasteiger partial charge in [-0.05, 0) is 38.5 Å². The molecule has 2 aromatic rings. The van der Waals surface area contributed by atoms with Gasteiger partial charge in [0, 0.05) is 0 Å². The molecule has 1 N–H and O–H groups in total. The Morgan fingerprint density at radius 1 is 1.33 bits per heavy atom. The van der Waals surface area contributed by atoms with Crippen LogP contribution in [0.5, 0.6) is 5.75 Å². The first-order chi connectivity index (χ1) is 8.41. The second kappa shape index (κ2) is 4.42. The predicted octanol–water partition coefficient (Wildman–Crippen LogP) is 1.81. The number of hydrogen-bond acceptors (Lipinski definition) is 4. The SMILES string of the molecule is COc1ccc(C)cc1-n1cc(C(C)(C)O)nn1. The van der Waals surface area contributed by atoms with Gasteiger partial charge in [-0.1, -0.05) is 11.3 Å². The molecule has 0 atom stereocenters. The summed E-state index contributed by atoms with van der Waals surface area (Å²) in [6, 6.07) is 5.81. The van der Waals surface area contributed by atoms with Gasteiger partial charge in [-0.15, -0.1) is 5.10 Å². The zero-order chi connectivity index (χ0) is 13.3. The van der Waals surface area contributed by atoms with Crippen LogP contribution in [0, 0.1) is 6.92 Å². The molecule has 5 nitrogen and oxygen atoms in total. The summed E-state index contributed by atoms with van der Waals surface area (Å²) in [5, 5.41) is 17.9. The number of benzene rings is 1. The van der Waals surface area contributed by atoms with Crippen LogP contribution in [0.3, 0.4) is 0 Å². The minimum atomic E-state index is -1.00. The molecular formula is C13H17N3O2. The lowest BCUT2D eigenvalue weighted by Crippen LogP contribution is -2.15. The van der Waals surface area contributed by atoms with Crippen LogP contribution in [-0.2, 0) is 5.60 Å². The highest BCUT2D eigenvalue weighted by molar-refractivity contribution is 5.48. The quantitative estimate of drug-likeness (QED) is 0.898. The normalized spacial score (nSPS) is 11.6. The van der Waals surface area contributed by atoms with Crippen molar-refractivity contribution in [3.63, 3.8) is 0 Å². The van der Waals surface area contributed by atoms with Gasteiger partial charge in [0.25, 0.3) is 0 Å². The van der Waals surface area contributed by atoms with Crippen molar-refractivity contribution in [3.05, 3.63) is 35.7 Å². The Bertz CT molecular complexity index is 556. The van der Waals surface area contributed by atoms with E-state index in [2.05, 4.69) is 10.3 Å². The third kappa shape index (κ3) is 2.36. The third-order valence-corrected chi connectivity index (χ3v) is 2.70. The number of aliphatic hydroxyl groups is 1.